The molecule has 0 aromatic carbocycles. The number of aromatic nitrogens is 2. The number of hydrogen-bond donors (Lipinski definition) is 3. The normalized spacial score (nSPS) is 13.0. The summed E-state index contributed by atoms with van der Waals surface area (Å²) in [6.07, 6.45) is 37.1. The molecule has 0 amide bonds. The van der Waals surface area contributed by atoms with Gasteiger partial charge in [0.15, 0.2) is 17.8 Å². The van der Waals surface area contributed by atoms with Crippen LogP contribution in [0.3, 0.4) is 0 Å². The van der Waals surface area contributed by atoms with Gasteiger partial charge in [-0.15, -0.1) is 0 Å². The Bertz CT molecular complexity index is 1110. The van der Waals surface area contributed by atoms with E-state index < -0.39 is 6.23 Å². The molecule has 4 N–H and O–H groups in total. The number of nitrogens with zero attached hydrogens (tertiary/aromatic N) is 2. The van der Waals surface area contributed by atoms with Crippen molar-refractivity contribution in [3.63, 3.8) is 0 Å². The van der Waals surface area contributed by atoms with Crippen LogP contribution >= 0.6 is 0 Å². The minimum absolute atomic E-state index is 0.00437. The number of H-pyrrole nitrogens is 1. The van der Waals surface area contributed by atoms with Gasteiger partial charge < -0.3 is 20.7 Å². The lowest BCUT2D eigenvalue weighted by Gasteiger charge is -2.27. The third kappa shape index (κ3) is 21.3. The van der Waals surface area contributed by atoms with E-state index >= 15 is 0 Å². The zero-order chi connectivity index (χ0) is 37.5. The van der Waals surface area contributed by atoms with E-state index in [0.717, 1.165) is 32.1 Å². The molecule has 52 heavy (non-hydrogen) atoms. The van der Waals surface area contributed by atoms with Gasteiger partial charge in [0.2, 0.25) is 5.95 Å². The molecule has 0 saturated carbocycles. The molecule has 0 spiro atoms. The molecule has 1 aromatic rings. The summed E-state index contributed by atoms with van der Waals surface area (Å²) in [7, 11) is 0. The fourth-order valence-corrected chi connectivity index (χ4v) is 7.36. The average Bonchev–Trinajstić information content (AvgIpc) is 3.55. The fraction of sp³-hybridized carbons (Fsp3) is 0.860. The van der Waals surface area contributed by atoms with Crippen LogP contribution in [0.15, 0.2) is 4.79 Å². The summed E-state index contributed by atoms with van der Waals surface area (Å²) >= 11 is 0. The Hall–Kier alpha value is -2.42. The average molecular weight is 730 g/mol. The smallest absolute Gasteiger partial charge is 0.277 e. The van der Waals surface area contributed by atoms with Gasteiger partial charge in [-0.2, -0.15) is 4.98 Å². The van der Waals surface area contributed by atoms with Crippen LogP contribution in [-0.2, 0) is 14.3 Å². The lowest BCUT2D eigenvalue weighted by atomic mass is 10.0. The van der Waals surface area contributed by atoms with Crippen molar-refractivity contribution < 1.29 is 14.3 Å². The van der Waals surface area contributed by atoms with E-state index in [-0.39, 0.29) is 29.7 Å². The number of unbranched alkanes of at least 4 members (excludes halogenated alkanes) is 26. The lowest BCUT2D eigenvalue weighted by Crippen LogP contribution is -2.44. The molecule has 1 aliphatic heterocycles. The number of ketones is 2. The van der Waals surface area contributed by atoms with Crippen molar-refractivity contribution >= 4 is 29.0 Å². The number of anilines is 3. The molecule has 1 aromatic heterocycles. The number of nitrogens with two attached hydrogens (primary N) is 1. The highest BCUT2D eigenvalue weighted by atomic mass is 16.5. The summed E-state index contributed by atoms with van der Waals surface area (Å²) < 4.78 is 6.16. The van der Waals surface area contributed by atoms with Crippen LogP contribution in [0, 0.1) is 0 Å². The van der Waals surface area contributed by atoms with E-state index in [2.05, 4.69) is 29.1 Å². The molecule has 0 fully saturated rings. The predicted octanol–water partition coefficient (Wildman–Crippen LogP) is 11.5. The van der Waals surface area contributed by atoms with Crippen molar-refractivity contribution in [1.82, 2.24) is 9.97 Å². The van der Waals surface area contributed by atoms with Crippen molar-refractivity contribution in [3.05, 3.63) is 10.4 Å². The van der Waals surface area contributed by atoms with Gasteiger partial charge >= 0.3 is 0 Å². The number of nitrogens with one attached hydrogen (secondary N) is 2. The lowest BCUT2D eigenvalue weighted by molar-refractivity contribution is -0.130. The van der Waals surface area contributed by atoms with E-state index in [4.69, 9.17) is 10.5 Å². The van der Waals surface area contributed by atoms with Gasteiger partial charge in [0.05, 0.1) is 13.3 Å². The highest BCUT2D eigenvalue weighted by Gasteiger charge is 2.34. The summed E-state index contributed by atoms with van der Waals surface area (Å²) in [5.74, 6) is 0.587. The van der Waals surface area contributed by atoms with Crippen LogP contribution in [0.1, 0.15) is 219 Å². The second-order valence-corrected chi connectivity index (χ2v) is 15.5. The molecule has 9 heteroatoms. The van der Waals surface area contributed by atoms with Crippen LogP contribution < -0.4 is 21.5 Å². The highest BCUT2D eigenvalue weighted by Crippen LogP contribution is 2.29. The molecule has 1 unspecified atom stereocenters. The van der Waals surface area contributed by atoms with Crippen molar-refractivity contribution in [2.75, 3.05) is 29.2 Å². The standard InChI is InChI=1S/C43H79N5O4/c1-3-5-7-9-11-13-15-17-19-21-23-25-27-29-32-37(49)33-31-35-52-42(48-36-45-39-40(48)46-43(44)47-41(39)51)38(50)34-30-28-26-24-22-20-18-16-14-12-10-8-6-4-2/h42,45H,3-36H2,1-2H3,(H3,44,46,47,51). The SMILES string of the molecule is CCCCCCCCCCCCCCCCC(=O)CCCOC(C(=O)CCCCCCCCCCCCCCCC)N1CNc2c1nc(N)[nH]c2=O. The highest BCUT2D eigenvalue weighted by molar-refractivity contribution is 5.88. The minimum atomic E-state index is -0.870. The zero-order valence-electron chi connectivity index (χ0n) is 33.7. The van der Waals surface area contributed by atoms with Gasteiger partial charge in [0.25, 0.3) is 5.56 Å². The maximum atomic E-state index is 13.5. The van der Waals surface area contributed by atoms with Gasteiger partial charge in [-0.1, -0.05) is 181 Å². The second kappa shape index (κ2) is 31.0. The van der Waals surface area contributed by atoms with Crippen molar-refractivity contribution in [2.24, 2.45) is 0 Å². The number of rotatable bonds is 37. The molecule has 9 nitrogen and oxygen atoms in total. The minimum Gasteiger partial charge on any atom is -0.369 e. The number of hydrogen-bond acceptors (Lipinski definition) is 8. The van der Waals surface area contributed by atoms with Gasteiger partial charge in [-0.25, -0.2) is 0 Å². The molecular weight excluding hydrogens is 651 g/mol. The molecule has 0 radical (unpaired) electrons. The quantitative estimate of drug-likeness (QED) is 0.0577. The molecule has 2 heterocycles. The fourth-order valence-electron chi connectivity index (χ4n) is 7.36. The van der Waals surface area contributed by atoms with Gasteiger partial charge in [-0.05, 0) is 19.3 Å². The van der Waals surface area contributed by atoms with Gasteiger partial charge in [0, 0.05) is 19.3 Å². The molecule has 0 saturated heterocycles. The maximum absolute atomic E-state index is 13.5. The number of carbonyl (C=O) groups is 2. The van der Waals surface area contributed by atoms with Crippen LogP contribution in [0.2, 0.25) is 0 Å². The summed E-state index contributed by atoms with van der Waals surface area (Å²) in [6.45, 7) is 5.07. The maximum Gasteiger partial charge on any atom is 0.277 e. The summed E-state index contributed by atoms with van der Waals surface area (Å²) in [6, 6.07) is 0. The van der Waals surface area contributed by atoms with E-state index in [9.17, 15) is 14.4 Å². The number of aromatic amines is 1. The Morgan fingerprint density at radius 1 is 0.635 bits per heavy atom. The Balaban J connectivity index is 1.61. The summed E-state index contributed by atoms with van der Waals surface area (Å²) in [5.41, 5.74) is 5.78. The largest absolute Gasteiger partial charge is 0.369 e. The molecule has 300 valence electrons. The predicted molar refractivity (Wildman–Crippen MR) is 219 cm³/mol. The first-order valence-electron chi connectivity index (χ1n) is 22.0. The number of ether oxygens (including phenoxy) is 1. The van der Waals surface area contributed by atoms with Crippen molar-refractivity contribution in [3.8, 4) is 0 Å². The number of carbonyl (C=O) groups excluding carboxylic acids is 2. The third-order valence-corrected chi connectivity index (χ3v) is 10.6. The molecule has 1 aliphatic rings. The van der Waals surface area contributed by atoms with E-state index in [1.165, 1.54) is 148 Å². The molecule has 1 atom stereocenters. The van der Waals surface area contributed by atoms with Crippen LogP contribution in [0.25, 0.3) is 0 Å². The van der Waals surface area contributed by atoms with Gasteiger partial charge in [0.1, 0.15) is 11.5 Å². The molecule has 0 bridgehead atoms. The summed E-state index contributed by atoms with van der Waals surface area (Å²) in [5, 5.41) is 3.05. The Labute approximate surface area is 317 Å². The van der Waals surface area contributed by atoms with Crippen LogP contribution in [-0.4, -0.2) is 41.0 Å². The first-order chi connectivity index (χ1) is 25.5. The topological polar surface area (TPSA) is 130 Å². The number of Topliss-reactive ketones (excluding diaryl/α,β-unsaturated/α-hetero) is 2. The van der Waals surface area contributed by atoms with Gasteiger partial charge in [-0.3, -0.25) is 19.4 Å². The summed E-state index contributed by atoms with van der Waals surface area (Å²) in [4.78, 5) is 47.1. The zero-order valence-corrected chi connectivity index (χ0v) is 33.7. The van der Waals surface area contributed by atoms with E-state index in [1.807, 2.05) is 0 Å². The monoisotopic (exact) mass is 730 g/mol. The third-order valence-electron chi connectivity index (χ3n) is 10.6. The first kappa shape index (κ1) is 45.7. The van der Waals surface area contributed by atoms with Crippen LogP contribution in [0.4, 0.5) is 17.5 Å². The Morgan fingerprint density at radius 2 is 1.04 bits per heavy atom. The molecule has 2 rings (SSSR count). The van der Waals surface area contributed by atoms with Crippen molar-refractivity contribution in [1.29, 1.82) is 0 Å². The molecule has 0 aliphatic carbocycles. The first-order valence-corrected chi connectivity index (χ1v) is 22.0. The van der Waals surface area contributed by atoms with Crippen LogP contribution in [0.5, 0.6) is 0 Å². The van der Waals surface area contributed by atoms with E-state index in [1.54, 1.807) is 4.90 Å². The number of nitrogen functional groups attached to an aromatic ring is 1. The van der Waals surface area contributed by atoms with E-state index in [0.29, 0.717) is 43.8 Å². The Morgan fingerprint density at radius 3 is 1.50 bits per heavy atom. The van der Waals surface area contributed by atoms with Crippen molar-refractivity contribution in [2.45, 2.75) is 226 Å². The number of fused-ring (bicyclic) bond motifs is 1. The Kier molecular flexibility index (Phi) is 27.2. The second-order valence-electron chi connectivity index (χ2n) is 15.5. The molecular formula is C43H79N5O4.